The summed E-state index contributed by atoms with van der Waals surface area (Å²) in [7, 11) is 0. The van der Waals surface area contributed by atoms with Crippen LogP contribution < -0.4 is 16.4 Å². The molecule has 0 bridgehead atoms. The van der Waals surface area contributed by atoms with E-state index in [4.69, 9.17) is 10.2 Å². The first-order valence-corrected chi connectivity index (χ1v) is 7.91. The molecule has 0 saturated heterocycles. The highest BCUT2D eigenvalue weighted by Crippen LogP contribution is 2.29. The van der Waals surface area contributed by atoms with Gasteiger partial charge in [0.25, 0.3) is 0 Å². The van der Waals surface area contributed by atoms with Crippen molar-refractivity contribution >= 4 is 28.6 Å². The van der Waals surface area contributed by atoms with Gasteiger partial charge in [-0.25, -0.2) is 4.79 Å². The smallest absolute Gasteiger partial charge is 0.319 e. The lowest BCUT2D eigenvalue weighted by Gasteiger charge is -2.14. The van der Waals surface area contributed by atoms with Crippen molar-refractivity contribution < 1.29 is 14.0 Å². The van der Waals surface area contributed by atoms with Gasteiger partial charge in [-0.05, 0) is 38.1 Å². The number of hydrogen-bond acceptors (Lipinski definition) is 3. The fraction of sp³-hybridized carbons (Fsp3) is 0.158. The van der Waals surface area contributed by atoms with Gasteiger partial charge in [0.15, 0.2) is 0 Å². The van der Waals surface area contributed by atoms with Gasteiger partial charge < -0.3 is 20.8 Å². The van der Waals surface area contributed by atoms with E-state index in [1.165, 1.54) is 6.07 Å². The molecule has 25 heavy (non-hydrogen) atoms. The summed E-state index contributed by atoms with van der Waals surface area (Å²) in [4.78, 5) is 23.4. The topological polar surface area (TPSA) is 97.4 Å². The molecule has 128 valence electrons. The highest BCUT2D eigenvalue weighted by molar-refractivity contribution is 5.96. The van der Waals surface area contributed by atoms with Crippen LogP contribution in [0.5, 0.6) is 0 Å². The zero-order valence-corrected chi connectivity index (χ0v) is 14.0. The Morgan fingerprint density at radius 1 is 1.12 bits per heavy atom. The lowest BCUT2D eigenvalue weighted by atomic mass is 10.1. The van der Waals surface area contributed by atoms with Crippen LogP contribution in [0.25, 0.3) is 11.0 Å². The minimum atomic E-state index is -0.546. The highest BCUT2D eigenvalue weighted by atomic mass is 16.3. The molecule has 1 heterocycles. The third kappa shape index (κ3) is 3.47. The largest absolute Gasteiger partial charge is 0.459 e. The van der Waals surface area contributed by atoms with Gasteiger partial charge in [-0.1, -0.05) is 24.3 Å². The summed E-state index contributed by atoms with van der Waals surface area (Å²) in [5.41, 5.74) is 7.85. The monoisotopic (exact) mass is 337 g/mol. The van der Waals surface area contributed by atoms with Crippen molar-refractivity contribution in [2.75, 3.05) is 5.32 Å². The number of carbonyl (C=O) groups is 2. The van der Waals surface area contributed by atoms with E-state index in [9.17, 15) is 9.59 Å². The highest BCUT2D eigenvalue weighted by Gasteiger charge is 2.18. The molecule has 0 aliphatic heterocycles. The first-order chi connectivity index (χ1) is 12.0. The van der Waals surface area contributed by atoms with Gasteiger partial charge in [0.2, 0.25) is 5.91 Å². The van der Waals surface area contributed by atoms with Crippen LogP contribution in [0.4, 0.5) is 10.5 Å². The van der Waals surface area contributed by atoms with Crippen LogP contribution in [0, 0.1) is 6.92 Å². The van der Waals surface area contributed by atoms with Crippen molar-refractivity contribution in [3.63, 3.8) is 0 Å². The Bertz CT molecular complexity index is 946. The predicted octanol–water partition coefficient (Wildman–Crippen LogP) is 3.72. The second-order valence-corrected chi connectivity index (χ2v) is 5.85. The van der Waals surface area contributed by atoms with E-state index in [0.29, 0.717) is 17.0 Å². The fourth-order valence-corrected chi connectivity index (χ4v) is 2.79. The van der Waals surface area contributed by atoms with Crippen molar-refractivity contribution in [3.05, 3.63) is 65.4 Å². The van der Waals surface area contributed by atoms with E-state index >= 15 is 0 Å². The lowest BCUT2D eigenvalue weighted by molar-refractivity contribution is 0.1000. The zero-order chi connectivity index (χ0) is 18.0. The quantitative estimate of drug-likeness (QED) is 0.676. The van der Waals surface area contributed by atoms with E-state index in [1.807, 2.05) is 38.1 Å². The number of aryl methyl sites for hydroxylation is 1. The molecule has 1 atom stereocenters. The first kappa shape index (κ1) is 16.6. The number of furan rings is 1. The van der Waals surface area contributed by atoms with Crippen molar-refractivity contribution in [2.24, 2.45) is 5.73 Å². The number of nitrogens with one attached hydrogen (secondary N) is 2. The van der Waals surface area contributed by atoms with Crippen molar-refractivity contribution in [1.29, 1.82) is 0 Å². The number of rotatable bonds is 4. The number of amides is 3. The van der Waals surface area contributed by atoms with Crippen LogP contribution in [0.1, 0.15) is 34.6 Å². The van der Waals surface area contributed by atoms with E-state index in [2.05, 4.69) is 10.6 Å². The van der Waals surface area contributed by atoms with Crippen molar-refractivity contribution in [2.45, 2.75) is 19.9 Å². The van der Waals surface area contributed by atoms with E-state index in [-0.39, 0.29) is 6.04 Å². The molecular formula is C19H19N3O3. The van der Waals surface area contributed by atoms with Gasteiger partial charge in [-0.3, -0.25) is 4.79 Å². The minimum Gasteiger partial charge on any atom is -0.459 e. The van der Waals surface area contributed by atoms with Crippen LogP contribution in [-0.2, 0) is 0 Å². The van der Waals surface area contributed by atoms with E-state index in [0.717, 1.165) is 16.5 Å². The Balaban J connectivity index is 1.72. The molecule has 0 spiro atoms. The van der Waals surface area contributed by atoms with Gasteiger partial charge in [-0.15, -0.1) is 0 Å². The van der Waals surface area contributed by atoms with Crippen LogP contribution in [0.3, 0.4) is 0 Å². The molecule has 6 heteroatoms. The molecule has 6 nitrogen and oxygen atoms in total. The number of para-hydroxylation sites is 1. The standard InChI is InChI=1S/C19H19N3O3/c1-11-15-8-3-4-9-16(15)25-17(11)12(2)21-19(24)22-14-7-5-6-13(10-14)18(20)23/h3-10,12H,1-2H3,(H2,20,23)(H2,21,22,24). The third-order valence-electron chi connectivity index (χ3n) is 4.03. The van der Waals surface area contributed by atoms with Gasteiger partial charge in [0.05, 0.1) is 6.04 Å². The Morgan fingerprint density at radius 2 is 1.88 bits per heavy atom. The second kappa shape index (κ2) is 6.68. The summed E-state index contributed by atoms with van der Waals surface area (Å²) in [6, 6.07) is 13.5. The number of carbonyl (C=O) groups excluding carboxylic acids is 2. The van der Waals surface area contributed by atoms with Gasteiger partial charge in [0, 0.05) is 22.2 Å². The average molecular weight is 337 g/mol. The molecule has 1 unspecified atom stereocenters. The fourth-order valence-electron chi connectivity index (χ4n) is 2.79. The number of nitrogens with two attached hydrogens (primary N) is 1. The maximum atomic E-state index is 12.2. The molecule has 0 saturated carbocycles. The number of primary amides is 1. The molecule has 1 aromatic heterocycles. The molecular weight excluding hydrogens is 318 g/mol. The number of fused-ring (bicyclic) bond motifs is 1. The predicted molar refractivity (Wildman–Crippen MR) is 96.5 cm³/mol. The first-order valence-electron chi connectivity index (χ1n) is 7.91. The molecule has 2 aromatic carbocycles. The molecule has 0 aliphatic rings. The maximum Gasteiger partial charge on any atom is 0.319 e. The summed E-state index contributed by atoms with van der Waals surface area (Å²) >= 11 is 0. The maximum absolute atomic E-state index is 12.2. The zero-order valence-electron chi connectivity index (χ0n) is 14.0. The summed E-state index contributed by atoms with van der Waals surface area (Å²) in [5, 5.41) is 6.56. The summed E-state index contributed by atoms with van der Waals surface area (Å²) in [5.74, 6) is 0.164. The van der Waals surface area contributed by atoms with Crippen molar-refractivity contribution in [1.82, 2.24) is 5.32 Å². The molecule has 3 aromatic rings. The molecule has 0 radical (unpaired) electrons. The summed E-state index contributed by atoms with van der Waals surface area (Å²) < 4.78 is 5.86. The summed E-state index contributed by atoms with van der Waals surface area (Å²) in [6.45, 7) is 3.82. The lowest BCUT2D eigenvalue weighted by Crippen LogP contribution is -2.31. The number of benzene rings is 2. The number of anilines is 1. The Hall–Kier alpha value is -3.28. The Morgan fingerprint density at radius 3 is 2.60 bits per heavy atom. The van der Waals surface area contributed by atoms with Crippen LogP contribution in [0.15, 0.2) is 52.9 Å². The number of urea groups is 1. The Labute approximate surface area is 145 Å². The van der Waals surface area contributed by atoms with Gasteiger partial charge in [0.1, 0.15) is 11.3 Å². The second-order valence-electron chi connectivity index (χ2n) is 5.85. The normalized spacial score (nSPS) is 11.9. The SMILES string of the molecule is Cc1c(C(C)NC(=O)Nc2cccc(C(N)=O)c2)oc2ccccc12. The average Bonchev–Trinajstić information content (AvgIpc) is 2.92. The molecule has 3 amide bonds. The van der Waals surface area contributed by atoms with Crippen LogP contribution in [-0.4, -0.2) is 11.9 Å². The van der Waals surface area contributed by atoms with Crippen LogP contribution >= 0.6 is 0 Å². The third-order valence-corrected chi connectivity index (χ3v) is 4.03. The van der Waals surface area contributed by atoms with E-state index in [1.54, 1.807) is 18.2 Å². The van der Waals surface area contributed by atoms with Gasteiger partial charge >= 0.3 is 6.03 Å². The van der Waals surface area contributed by atoms with E-state index < -0.39 is 11.9 Å². The minimum absolute atomic E-state index is 0.313. The molecule has 0 aliphatic carbocycles. The van der Waals surface area contributed by atoms with Crippen molar-refractivity contribution in [3.8, 4) is 0 Å². The molecule has 0 fully saturated rings. The molecule has 3 rings (SSSR count). The number of hydrogen-bond donors (Lipinski definition) is 3. The molecule has 4 N–H and O–H groups in total. The van der Waals surface area contributed by atoms with Crippen LogP contribution in [0.2, 0.25) is 0 Å². The Kier molecular flexibility index (Phi) is 4.43. The summed E-state index contributed by atoms with van der Waals surface area (Å²) in [6.07, 6.45) is 0. The van der Waals surface area contributed by atoms with Gasteiger partial charge in [-0.2, -0.15) is 0 Å².